The summed E-state index contributed by atoms with van der Waals surface area (Å²) in [6.45, 7) is 0. The molecule has 0 spiro atoms. The zero-order valence-corrected chi connectivity index (χ0v) is 29.0. The molecule has 8 aromatic carbocycles. The third-order valence-corrected chi connectivity index (χ3v) is 10.5. The number of nitrogens with zero attached hydrogens (tertiary/aromatic N) is 4. The van der Waals surface area contributed by atoms with Crippen LogP contribution >= 0.6 is 0 Å². The van der Waals surface area contributed by atoms with Gasteiger partial charge >= 0.3 is 0 Å². The Labute approximate surface area is 310 Å². The molecule has 11 rings (SSSR count). The first-order chi connectivity index (χ1) is 26.8. The van der Waals surface area contributed by atoms with Crippen LogP contribution in [0.3, 0.4) is 0 Å². The van der Waals surface area contributed by atoms with Gasteiger partial charge in [-0.3, -0.25) is 0 Å². The van der Waals surface area contributed by atoms with Crippen molar-refractivity contribution in [3.05, 3.63) is 182 Å². The Kier molecular flexibility index (Phi) is 6.79. The van der Waals surface area contributed by atoms with E-state index >= 15 is 0 Å². The van der Waals surface area contributed by atoms with Crippen LogP contribution in [0.15, 0.2) is 186 Å². The van der Waals surface area contributed by atoms with Crippen LogP contribution in [0, 0.1) is 0 Å². The van der Waals surface area contributed by atoms with Crippen LogP contribution in [0.1, 0.15) is 0 Å². The molecule has 0 unspecified atom stereocenters. The van der Waals surface area contributed by atoms with Gasteiger partial charge in [-0.05, 0) is 64.4 Å². The van der Waals surface area contributed by atoms with Crippen molar-refractivity contribution in [3.63, 3.8) is 0 Å². The molecule has 0 amide bonds. The average Bonchev–Trinajstić information content (AvgIpc) is 3.80. The zero-order chi connectivity index (χ0) is 35.6. The van der Waals surface area contributed by atoms with Crippen LogP contribution < -0.4 is 0 Å². The highest BCUT2D eigenvalue weighted by Crippen LogP contribution is 2.40. The summed E-state index contributed by atoms with van der Waals surface area (Å²) in [5, 5.41) is 7.05. The van der Waals surface area contributed by atoms with Crippen molar-refractivity contribution in [1.29, 1.82) is 0 Å². The van der Waals surface area contributed by atoms with Crippen molar-refractivity contribution in [3.8, 4) is 51.0 Å². The minimum Gasteiger partial charge on any atom is -0.456 e. The van der Waals surface area contributed by atoms with Crippen LogP contribution in [0.4, 0.5) is 0 Å². The SMILES string of the molecule is c1ccc(-c2nc(-c3ccccc3)nc(-c3cccc4oc5ccc(-c6ccc(-n7c8ccccc8c8c9ccccc9ccc87)cc6)cc5c34)n2)cc1. The summed E-state index contributed by atoms with van der Waals surface area (Å²) in [4.78, 5) is 15.0. The van der Waals surface area contributed by atoms with Gasteiger partial charge in [0.1, 0.15) is 11.2 Å². The number of hydrogen-bond acceptors (Lipinski definition) is 4. The molecule has 0 N–H and O–H groups in total. The quantitative estimate of drug-likeness (QED) is 0.180. The molecule has 252 valence electrons. The van der Waals surface area contributed by atoms with Gasteiger partial charge in [0.2, 0.25) is 0 Å². The smallest absolute Gasteiger partial charge is 0.164 e. The van der Waals surface area contributed by atoms with Crippen molar-refractivity contribution < 1.29 is 4.42 Å². The van der Waals surface area contributed by atoms with Gasteiger partial charge in [-0.2, -0.15) is 0 Å². The number of para-hydroxylation sites is 1. The number of furan rings is 1. The van der Waals surface area contributed by atoms with Gasteiger partial charge in [0.25, 0.3) is 0 Å². The van der Waals surface area contributed by atoms with E-state index in [4.69, 9.17) is 19.4 Å². The Morgan fingerprint density at radius 3 is 1.78 bits per heavy atom. The first kappa shape index (κ1) is 30.3. The first-order valence-electron chi connectivity index (χ1n) is 18.1. The fourth-order valence-electron chi connectivity index (χ4n) is 7.94. The Morgan fingerprint density at radius 1 is 0.370 bits per heavy atom. The summed E-state index contributed by atoms with van der Waals surface area (Å²) in [6.07, 6.45) is 0. The molecule has 5 nitrogen and oxygen atoms in total. The maximum atomic E-state index is 6.44. The predicted octanol–water partition coefficient (Wildman–Crippen LogP) is 12.7. The van der Waals surface area contributed by atoms with E-state index in [2.05, 4.69) is 114 Å². The normalized spacial score (nSPS) is 11.7. The highest BCUT2D eigenvalue weighted by molar-refractivity contribution is 6.21. The summed E-state index contributed by atoms with van der Waals surface area (Å²) in [7, 11) is 0. The molecule has 0 aliphatic carbocycles. The molecular weight excluding hydrogens is 661 g/mol. The minimum atomic E-state index is 0.602. The highest BCUT2D eigenvalue weighted by atomic mass is 16.3. The highest BCUT2D eigenvalue weighted by Gasteiger charge is 2.19. The number of aromatic nitrogens is 4. The summed E-state index contributed by atoms with van der Waals surface area (Å²) in [6, 6.07) is 63.3. The second-order valence-electron chi connectivity index (χ2n) is 13.6. The maximum absolute atomic E-state index is 6.44. The van der Waals surface area contributed by atoms with Gasteiger partial charge in [0, 0.05) is 43.9 Å². The number of fused-ring (bicyclic) bond motifs is 8. The van der Waals surface area contributed by atoms with Gasteiger partial charge in [-0.15, -0.1) is 0 Å². The van der Waals surface area contributed by atoms with Gasteiger partial charge < -0.3 is 8.98 Å². The zero-order valence-electron chi connectivity index (χ0n) is 29.0. The van der Waals surface area contributed by atoms with E-state index in [0.29, 0.717) is 17.5 Å². The number of benzene rings is 8. The molecule has 0 bridgehead atoms. The fourth-order valence-corrected chi connectivity index (χ4v) is 7.94. The van der Waals surface area contributed by atoms with E-state index in [9.17, 15) is 0 Å². The Balaban J connectivity index is 1.04. The lowest BCUT2D eigenvalue weighted by atomic mass is 10.00. The fraction of sp³-hybridized carbons (Fsp3) is 0. The molecule has 0 aliphatic heterocycles. The van der Waals surface area contributed by atoms with E-state index in [1.54, 1.807) is 0 Å². The van der Waals surface area contributed by atoms with Gasteiger partial charge in [-0.1, -0.05) is 140 Å². The lowest BCUT2D eigenvalue weighted by Gasteiger charge is -2.10. The summed E-state index contributed by atoms with van der Waals surface area (Å²) < 4.78 is 8.82. The Bertz CT molecular complexity index is 3140. The predicted molar refractivity (Wildman–Crippen MR) is 221 cm³/mol. The third kappa shape index (κ3) is 4.83. The lowest BCUT2D eigenvalue weighted by molar-refractivity contribution is 0.669. The van der Waals surface area contributed by atoms with E-state index in [-0.39, 0.29) is 0 Å². The van der Waals surface area contributed by atoms with Gasteiger partial charge in [0.05, 0.1) is 11.0 Å². The molecular formula is C49H30N4O. The molecule has 0 fully saturated rings. The standard InChI is InChI=1S/C49H30N4O/c1-3-13-33(14-4-1)47-50-48(34-15-5-2-6-16-34)52-49(51-47)39-19-11-21-44-46(39)40-30-35(25-29-43(40)54-44)31-22-26-36(27-23-31)53-41-20-10-9-18-38(41)45-37-17-8-7-12-32(37)24-28-42(45)53/h1-30H. The molecule has 11 aromatic rings. The van der Waals surface area contributed by atoms with E-state index in [0.717, 1.165) is 55.4 Å². The second kappa shape index (κ2) is 12.1. The summed E-state index contributed by atoms with van der Waals surface area (Å²) >= 11 is 0. The third-order valence-electron chi connectivity index (χ3n) is 10.5. The summed E-state index contributed by atoms with van der Waals surface area (Å²) in [5.41, 5.74) is 10.1. The molecule has 0 saturated carbocycles. The summed E-state index contributed by atoms with van der Waals surface area (Å²) in [5.74, 6) is 1.85. The van der Waals surface area contributed by atoms with Crippen LogP contribution in [-0.2, 0) is 0 Å². The van der Waals surface area contributed by atoms with Crippen LogP contribution in [-0.4, -0.2) is 19.5 Å². The maximum Gasteiger partial charge on any atom is 0.164 e. The van der Waals surface area contributed by atoms with Gasteiger partial charge in [-0.25, -0.2) is 15.0 Å². The lowest BCUT2D eigenvalue weighted by Crippen LogP contribution is -2.00. The van der Waals surface area contributed by atoms with Crippen molar-refractivity contribution in [1.82, 2.24) is 19.5 Å². The van der Waals surface area contributed by atoms with Gasteiger partial charge in [0.15, 0.2) is 17.5 Å². The van der Waals surface area contributed by atoms with E-state index < -0.39 is 0 Å². The molecule has 3 aromatic heterocycles. The van der Waals surface area contributed by atoms with Crippen molar-refractivity contribution in [2.75, 3.05) is 0 Å². The van der Waals surface area contributed by atoms with Crippen LogP contribution in [0.5, 0.6) is 0 Å². The largest absolute Gasteiger partial charge is 0.456 e. The van der Waals surface area contributed by atoms with Crippen LogP contribution in [0.2, 0.25) is 0 Å². The average molecular weight is 691 g/mol. The Morgan fingerprint density at radius 2 is 1.02 bits per heavy atom. The molecule has 0 saturated heterocycles. The van der Waals surface area contributed by atoms with Crippen molar-refractivity contribution >= 4 is 54.5 Å². The second-order valence-corrected chi connectivity index (χ2v) is 13.6. The number of rotatable bonds is 5. The van der Waals surface area contributed by atoms with E-state index in [1.165, 1.54) is 32.6 Å². The monoisotopic (exact) mass is 690 g/mol. The van der Waals surface area contributed by atoms with Crippen molar-refractivity contribution in [2.45, 2.75) is 0 Å². The molecule has 0 atom stereocenters. The first-order valence-corrected chi connectivity index (χ1v) is 18.1. The molecule has 5 heteroatoms. The topological polar surface area (TPSA) is 56.7 Å². The van der Waals surface area contributed by atoms with Crippen LogP contribution in [0.25, 0.3) is 105 Å². The Hall–Kier alpha value is -7.37. The number of hydrogen-bond donors (Lipinski definition) is 0. The molecule has 0 aliphatic rings. The molecule has 0 radical (unpaired) electrons. The minimum absolute atomic E-state index is 0.602. The molecule has 54 heavy (non-hydrogen) atoms. The van der Waals surface area contributed by atoms with E-state index in [1.807, 2.05) is 72.8 Å². The van der Waals surface area contributed by atoms with Crippen molar-refractivity contribution in [2.24, 2.45) is 0 Å². The molecule has 3 heterocycles.